The minimum Gasteiger partial charge on any atom is -0.338 e. The van der Waals surface area contributed by atoms with Gasteiger partial charge in [-0.25, -0.2) is 4.39 Å². The topological polar surface area (TPSA) is 53.0 Å². The average Bonchev–Trinajstić information content (AvgIpc) is 2.49. The molecule has 4 heteroatoms. The molecule has 3 nitrogen and oxygen atoms in total. The van der Waals surface area contributed by atoms with Crippen LogP contribution >= 0.6 is 0 Å². The quantitative estimate of drug-likeness (QED) is 0.905. The second-order valence-electron chi connectivity index (χ2n) is 4.86. The molecule has 0 aliphatic rings. The molecule has 2 aromatic carbocycles. The number of nitrogens with two attached hydrogens (primary N) is 1. The van der Waals surface area contributed by atoms with Crippen LogP contribution in [0.5, 0.6) is 0 Å². The van der Waals surface area contributed by atoms with Crippen LogP contribution in [0.1, 0.15) is 24.9 Å². The zero-order valence-electron chi connectivity index (χ0n) is 12.0. The highest BCUT2D eigenvalue weighted by atomic mass is 19.1. The number of hydrogen-bond acceptors (Lipinski definition) is 3. The zero-order valence-corrected chi connectivity index (χ0v) is 12.0. The fourth-order valence-electron chi connectivity index (χ4n) is 2.32. The van der Waals surface area contributed by atoms with Gasteiger partial charge in [0.05, 0.1) is 18.2 Å². The predicted molar refractivity (Wildman–Crippen MR) is 82.7 cm³/mol. The summed E-state index contributed by atoms with van der Waals surface area (Å²) < 4.78 is 14.4. The van der Waals surface area contributed by atoms with E-state index in [-0.39, 0.29) is 11.9 Å². The van der Waals surface area contributed by atoms with Gasteiger partial charge in [0.15, 0.2) is 0 Å². The minimum absolute atomic E-state index is 0.288. The maximum Gasteiger partial charge on any atom is 0.147 e. The van der Waals surface area contributed by atoms with E-state index >= 15 is 0 Å². The van der Waals surface area contributed by atoms with Gasteiger partial charge in [-0.05, 0) is 30.7 Å². The van der Waals surface area contributed by atoms with Crippen LogP contribution in [0, 0.1) is 17.1 Å². The Morgan fingerprint density at radius 1 is 1.19 bits per heavy atom. The Morgan fingerprint density at radius 2 is 1.90 bits per heavy atom. The number of hydrogen-bond donors (Lipinski definition) is 1. The molecule has 0 saturated carbocycles. The molecule has 1 atom stereocenters. The number of nitrogens with zero attached hydrogens (tertiary/aromatic N) is 2. The maximum atomic E-state index is 14.4. The summed E-state index contributed by atoms with van der Waals surface area (Å²) in [4.78, 5) is 1.82. The van der Waals surface area contributed by atoms with E-state index in [1.165, 1.54) is 6.07 Å². The molecule has 0 unspecified atom stereocenters. The molecule has 0 aliphatic carbocycles. The van der Waals surface area contributed by atoms with E-state index in [1.807, 2.05) is 48.2 Å². The van der Waals surface area contributed by atoms with Gasteiger partial charge in [-0.1, -0.05) is 30.3 Å². The van der Waals surface area contributed by atoms with E-state index < -0.39 is 0 Å². The van der Waals surface area contributed by atoms with E-state index in [0.29, 0.717) is 18.7 Å². The van der Waals surface area contributed by atoms with E-state index in [2.05, 4.69) is 6.07 Å². The molecule has 0 amide bonds. The first-order chi connectivity index (χ1) is 10.1. The lowest BCUT2D eigenvalue weighted by Gasteiger charge is -2.28. The van der Waals surface area contributed by atoms with Gasteiger partial charge in [0, 0.05) is 18.3 Å². The van der Waals surface area contributed by atoms with Crippen molar-refractivity contribution in [3.05, 3.63) is 59.9 Å². The van der Waals surface area contributed by atoms with Crippen molar-refractivity contribution in [3.63, 3.8) is 0 Å². The molecule has 21 heavy (non-hydrogen) atoms. The molecule has 0 saturated heterocycles. The Balaban J connectivity index is 2.54. The maximum absolute atomic E-state index is 14.4. The molecule has 0 aromatic heterocycles. The molecule has 0 spiro atoms. The Morgan fingerprint density at radius 3 is 2.52 bits per heavy atom. The normalized spacial score (nSPS) is 11.7. The molecule has 0 heterocycles. The number of para-hydroxylation sites is 2. The van der Waals surface area contributed by atoms with Gasteiger partial charge in [0.2, 0.25) is 0 Å². The second-order valence-corrected chi connectivity index (χ2v) is 4.86. The summed E-state index contributed by atoms with van der Waals surface area (Å²) in [5, 5.41) is 8.86. The van der Waals surface area contributed by atoms with E-state index in [1.54, 1.807) is 6.07 Å². The third-order valence-electron chi connectivity index (χ3n) is 3.29. The van der Waals surface area contributed by atoms with Gasteiger partial charge >= 0.3 is 0 Å². The van der Waals surface area contributed by atoms with Crippen molar-refractivity contribution in [3.8, 4) is 6.07 Å². The van der Waals surface area contributed by atoms with Crippen LogP contribution in [-0.4, -0.2) is 6.54 Å². The lowest BCUT2D eigenvalue weighted by atomic mass is 10.0. The predicted octanol–water partition coefficient (Wildman–Crippen LogP) is 3.90. The van der Waals surface area contributed by atoms with Crippen LogP contribution in [0.3, 0.4) is 0 Å². The molecule has 2 N–H and O–H groups in total. The fourth-order valence-corrected chi connectivity index (χ4v) is 2.32. The Hall–Kier alpha value is -2.38. The van der Waals surface area contributed by atoms with Crippen molar-refractivity contribution < 1.29 is 4.39 Å². The number of nitriles is 1. The van der Waals surface area contributed by atoms with E-state index in [9.17, 15) is 4.39 Å². The number of anilines is 2. The standard InChI is InChI=1S/C17H18FN3/c1-13(20)15-9-5-10-16(18)17(15)21(12-6-11-19)14-7-3-2-4-8-14/h2-5,7-10,13H,6,12,20H2,1H3/t13-/m0/s1. The van der Waals surface area contributed by atoms with Crippen molar-refractivity contribution >= 4 is 11.4 Å². The summed E-state index contributed by atoms with van der Waals surface area (Å²) in [6.45, 7) is 2.24. The van der Waals surface area contributed by atoms with E-state index in [0.717, 1.165) is 11.3 Å². The van der Waals surface area contributed by atoms with Gasteiger partial charge < -0.3 is 10.6 Å². The van der Waals surface area contributed by atoms with Crippen molar-refractivity contribution in [1.29, 1.82) is 5.26 Å². The van der Waals surface area contributed by atoms with Crippen molar-refractivity contribution in [2.24, 2.45) is 5.73 Å². The minimum atomic E-state index is -0.327. The summed E-state index contributed by atoms with van der Waals surface area (Å²) in [6.07, 6.45) is 0.307. The summed E-state index contributed by atoms with van der Waals surface area (Å²) in [7, 11) is 0. The molecule has 0 bridgehead atoms. The number of benzene rings is 2. The SMILES string of the molecule is C[C@H](N)c1cccc(F)c1N(CCC#N)c1ccccc1. The summed E-state index contributed by atoms with van der Waals surface area (Å²) >= 11 is 0. The lowest BCUT2D eigenvalue weighted by molar-refractivity contribution is 0.619. The fraction of sp³-hybridized carbons (Fsp3) is 0.235. The Labute approximate surface area is 124 Å². The smallest absolute Gasteiger partial charge is 0.147 e. The van der Waals surface area contributed by atoms with Gasteiger partial charge in [-0.2, -0.15) is 5.26 Å². The van der Waals surface area contributed by atoms with Crippen molar-refractivity contribution in [1.82, 2.24) is 0 Å². The molecule has 2 rings (SSSR count). The van der Waals surface area contributed by atoms with Crippen molar-refractivity contribution in [2.45, 2.75) is 19.4 Å². The molecular weight excluding hydrogens is 265 g/mol. The molecule has 0 radical (unpaired) electrons. The monoisotopic (exact) mass is 283 g/mol. The first-order valence-corrected chi connectivity index (χ1v) is 6.88. The highest BCUT2D eigenvalue weighted by Gasteiger charge is 2.19. The first kappa shape index (κ1) is 15.0. The second kappa shape index (κ2) is 6.87. The van der Waals surface area contributed by atoms with Crippen LogP contribution in [0.2, 0.25) is 0 Å². The van der Waals surface area contributed by atoms with Gasteiger partial charge in [-0.15, -0.1) is 0 Å². The van der Waals surface area contributed by atoms with Crippen LogP contribution in [0.4, 0.5) is 15.8 Å². The van der Waals surface area contributed by atoms with Gasteiger partial charge in [0.25, 0.3) is 0 Å². The van der Waals surface area contributed by atoms with E-state index in [4.69, 9.17) is 11.0 Å². The first-order valence-electron chi connectivity index (χ1n) is 6.88. The summed E-state index contributed by atoms with van der Waals surface area (Å²) in [6, 6.07) is 16.2. The third-order valence-corrected chi connectivity index (χ3v) is 3.29. The Kier molecular flexibility index (Phi) is 4.91. The molecule has 108 valence electrons. The summed E-state index contributed by atoms with van der Waals surface area (Å²) in [5.41, 5.74) is 8.00. The summed E-state index contributed by atoms with van der Waals surface area (Å²) in [5.74, 6) is -0.327. The highest BCUT2D eigenvalue weighted by Crippen LogP contribution is 2.33. The highest BCUT2D eigenvalue weighted by molar-refractivity contribution is 5.67. The lowest BCUT2D eigenvalue weighted by Crippen LogP contribution is -2.22. The van der Waals surface area contributed by atoms with Gasteiger partial charge in [-0.3, -0.25) is 0 Å². The van der Waals surface area contributed by atoms with Crippen molar-refractivity contribution in [2.75, 3.05) is 11.4 Å². The molecular formula is C17H18FN3. The Bertz CT molecular complexity index is 632. The van der Waals surface area contributed by atoms with Crippen LogP contribution in [-0.2, 0) is 0 Å². The number of rotatable bonds is 5. The molecule has 0 fully saturated rings. The van der Waals surface area contributed by atoms with Crippen LogP contribution in [0.15, 0.2) is 48.5 Å². The zero-order chi connectivity index (χ0) is 15.2. The molecule has 0 aliphatic heterocycles. The largest absolute Gasteiger partial charge is 0.338 e. The average molecular weight is 283 g/mol. The van der Waals surface area contributed by atoms with Crippen LogP contribution < -0.4 is 10.6 Å². The number of halogens is 1. The van der Waals surface area contributed by atoms with Crippen LogP contribution in [0.25, 0.3) is 0 Å². The molecule has 2 aromatic rings. The van der Waals surface area contributed by atoms with Gasteiger partial charge in [0.1, 0.15) is 5.82 Å². The third kappa shape index (κ3) is 3.39.